The maximum absolute atomic E-state index is 4.36. The van der Waals surface area contributed by atoms with Gasteiger partial charge in [-0.1, -0.05) is 24.3 Å². The lowest BCUT2D eigenvalue weighted by Crippen LogP contribution is -2.39. The molecule has 2 rings (SSSR count). The molecule has 23 heavy (non-hydrogen) atoms. The van der Waals surface area contributed by atoms with Gasteiger partial charge in [-0.05, 0) is 30.5 Å². The summed E-state index contributed by atoms with van der Waals surface area (Å²) in [5.74, 6) is 0.920. The van der Waals surface area contributed by atoms with E-state index in [0.29, 0.717) is 0 Å². The number of benzene rings is 1. The first-order chi connectivity index (χ1) is 10.7. The van der Waals surface area contributed by atoms with Crippen LogP contribution in [-0.2, 0) is 13.1 Å². The fourth-order valence-corrected chi connectivity index (χ4v) is 2.38. The van der Waals surface area contributed by atoms with Crippen molar-refractivity contribution in [1.29, 1.82) is 0 Å². The lowest BCUT2D eigenvalue weighted by atomic mass is 10.1. The summed E-state index contributed by atoms with van der Waals surface area (Å²) in [5, 5.41) is 7.61. The largest absolute Gasteiger partial charge is 0.356 e. The van der Waals surface area contributed by atoms with E-state index in [1.165, 1.54) is 11.1 Å². The molecule has 0 saturated carbocycles. The molecule has 1 heterocycles. The summed E-state index contributed by atoms with van der Waals surface area (Å²) < 4.78 is 1.95. The van der Waals surface area contributed by atoms with Gasteiger partial charge in [-0.3, -0.25) is 9.67 Å². The Bertz CT molecular complexity index is 595. The molecule has 0 aliphatic carbocycles. The zero-order valence-corrected chi connectivity index (χ0v) is 16.4. The third-order valence-electron chi connectivity index (χ3n) is 3.65. The first-order valence-electron chi connectivity index (χ1n) is 7.64. The molecule has 0 aliphatic heterocycles. The van der Waals surface area contributed by atoms with E-state index >= 15 is 0 Å². The topological polar surface area (TPSA) is 45.5 Å². The summed E-state index contributed by atoms with van der Waals surface area (Å²) >= 11 is 0. The molecule has 0 atom stereocenters. The number of hydrogen-bond donors (Lipinski definition) is 1. The Morgan fingerprint density at radius 1 is 1.30 bits per heavy atom. The highest BCUT2D eigenvalue weighted by Gasteiger charge is 2.07. The quantitative estimate of drug-likeness (QED) is 0.334. The van der Waals surface area contributed by atoms with Gasteiger partial charge in [-0.15, -0.1) is 24.0 Å². The molecule has 0 unspecified atom stereocenters. The van der Waals surface area contributed by atoms with Gasteiger partial charge in [0.2, 0.25) is 0 Å². The second-order valence-corrected chi connectivity index (χ2v) is 5.38. The Kier molecular flexibility index (Phi) is 8.68. The Hall–Kier alpha value is -1.57. The van der Waals surface area contributed by atoms with Gasteiger partial charge >= 0.3 is 0 Å². The van der Waals surface area contributed by atoms with E-state index in [9.17, 15) is 0 Å². The van der Waals surface area contributed by atoms with E-state index in [0.717, 1.165) is 32.0 Å². The summed E-state index contributed by atoms with van der Waals surface area (Å²) in [7, 11) is 3.89. The normalized spacial score (nSPS) is 11.0. The van der Waals surface area contributed by atoms with E-state index in [2.05, 4.69) is 58.5 Å². The Morgan fingerprint density at radius 3 is 2.74 bits per heavy atom. The van der Waals surface area contributed by atoms with Gasteiger partial charge < -0.3 is 10.2 Å². The van der Waals surface area contributed by atoms with Crippen LogP contribution in [0.5, 0.6) is 0 Å². The highest BCUT2D eigenvalue weighted by atomic mass is 127. The molecule has 1 aromatic heterocycles. The molecule has 0 spiro atoms. The van der Waals surface area contributed by atoms with Crippen LogP contribution in [0.2, 0.25) is 0 Å². The van der Waals surface area contributed by atoms with Crippen LogP contribution in [0.15, 0.2) is 47.7 Å². The molecule has 126 valence electrons. The van der Waals surface area contributed by atoms with E-state index in [1.54, 1.807) is 0 Å². The average molecular weight is 427 g/mol. The third-order valence-corrected chi connectivity index (χ3v) is 3.65. The fourth-order valence-electron chi connectivity index (χ4n) is 2.38. The predicted molar refractivity (Wildman–Crippen MR) is 106 cm³/mol. The van der Waals surface area contributed by atoms with Crippen molar-refractivity contribution in [3.8, 4) is 0 Å². The van der Waals surface area contributed by atoms with Gasteiger partial charge in [0.15, 0.2) is 5.96 Å². The minimum atomic E-state index is 0. The molecule has 5 nitrogen and oxygen atoms in total. The molecule has 6 heteroatoms. The van der Waals surface area contributed by atoms with Crippen molar-refractivity contribution in [1.82, 2.24) is 20.0 Å². The second-order valence-electron chi connectivity index (χ2n) is 5.38. The average Bonchev–Trinajstić information content (AvgIpc) is 3.03. The number of halogens is 1. The molecule has 0 aliphatic rings. The van der Waals surface area contributed by atoms with Gasteiger partial charge in [-0.2, -0.15) is 5.10 Å². The first kappa shape index (κ1) is 19.5. The van der Waals surface area contributed by atoms with Crippen molar-refractivity contribution in [3.63, 3.8) is 0 Å². The number of rotatable bonds is 6. The van der Waals surface area contributed by atoms with Crippen LogP contribution >= 0.6 is 24.0 Å². The van der Waals surface area contributed by atoms with Crippen LogP contribution in [0.3, 0.4) is 0 Å². The highest BCUT2D eigenvalue weighted by molar-refractivity contribution is 14.0. The molecule has 0 fully saturated rings. The number of hydrogen-bond acceptors (Lipinski definition) is 2. The summed E-state index contributed by atoms with van der Waals surface area (Å²) in [6.45, 7) is 4.79. The van der Waals surface area contributed by atoms with Crippen molar-refractivity contribution >= 4 is 29.9 Å². The first-order valence-corrected chi connectivity index (χ1v) is 7.64. The zero-order valence-electron chi connectivity index (χ0n) is 14.1. The van der Waals surface area contributed by atoms with Gasteiger partial charge in [0.25, 0.3) is 0 Å². The van der Waals surface area contributed by atoms with Crippen molar-refractivity contribution in [2.75, 3.05) is 20.6 Å². The minimum Gasteiger partial charge on any atom is -0.356 e. The lowest BCUT2D eigenvalue weighted by Gasteiger charge is -2.23. The van der Waals surface area contributed by atoms with Gasteiger partial charge in [0, 0.05) is 46.1 Å². The van der Waals surface area contributed by atoms with E-state index in [4.69, 9.17) is 0 Å². The molecule has 1 aromatic carbocycles. The molecule has 0 radical (unpaired) electrons. The molecule has 0 bridgehead atoms. The maximum atomic E-state index is 4.36. The molecule has 0 saturated heterocycles. The van der Waals surface area contributed by atoms with Crippen molar-refractivity contribution in [2.45, 2.75) is 26.4 Å². The number of nitrogens with zero attached hydrogens (tertiary/aromatic N) is 4. The molecule has 0 amide bonds. The Labute approximate surface area is 155 Å². The number of nitrogens with one attached hydrogen (secondary N) is 1. The van der Waals surface area contributed by atoms with E-state index in [1.807, 2.05) is 30.2 Å². The molecular weight excluding hydrogens is 401 g/mol. The smallest absolute Gasteiger partial charge is 0.193 e. The second kappa shape index (κ2) is 10.3. The standard InChI is InChI=1S/C17H25N5.HI/c1-15-8-4-5-9-16(15)14-21(3)17(18-2)19-10-6-12-22-13-7-11-20-22;/h4-5,7-9,11,13H,6,10,12,14H2,1-3H3,(H,18,19);1H. The number of aryl methyl sites for hydroxylation is 2. The Balaban J connectivity index is 0.00000264. The number of guanidine groups is 1. The maximum Gasteiger partial charge on any atom is 0.193 e. The molecular formula is C17H26IN5. The van der Waals surface area contributed by atoms with Crippen LogP contribution in [0.4, 0.5) is 0 Å². The molecule has 2 aromatic rings. The fraction of sp³-hybridized carbons (Fsp3) is 0.412. The van der Waals surface area contributed by atoms with Crippen molar-refractivity contribution < 1.29 is 0 Å². The van der Waals surface area contributed by atoms with Crippen LogP contribution in [0.25, 0.3) is 0 Å². The number of aliphatic imine (C=N–C) groups is 1. The minimum absolute atomic E-state index is 0. The van der Waals surface area contributed by atoms with E-state index in [-0.39, 0.29) is 24.0 Å². The Morgan fingerprint density at radius 2 is 2.09 bits per heavy atom. The number of aromatic nitrogens is 2. The van der Waals surface area contributed by atoms with Gasteiger partial charge in [-0.25, -0.2) is 0 Å². The molecule has 1 N–H and O–H groups in total. The summed E-state index contributed by atoms with van der Waals surface area (Å²) in [5.41, 5.74) is 2.63. The van der Waals surface area contributed by atoms with Crippen LogP contribution in [-0.4, -0.2) is 41.3 Å². The van der Waals surface area contributed by atoms with E-state index < -0.39 is 0 Å². The van der Waals surface area contributed by atoms with Gasteiger partial charge in [0.1, 0.15) is 0 Å². The predicted octanol–water partition coefficient (Wildman–Crippen LogP) is 2.91. The summed E-state index contributed by atoms with van der Waals surface area (Å²) in [6, 6.07) is 10.4. The lowest BCUT2D eigenvalue weighted by molar-refractivity contribution is 0.470. The summed E-state index contributed by atoms with van der Waals surface area (Å²) in [6.07, 6.45) is 4.81. The zero-order chi connectivity index (χ0) is 15.8. The third kappa shape index (κ3) is 6.21. The van der Waals surface area contributed by atoms with Crippen LogP contribution < -0.4 is 5.32 Å². The highest BCUT2D eigenvalue weighted by Crippen LogP contribution is 2.09. The van der Waals surface area contributed by atoms with Crippen LogP contribution in [0.1, 0.15) is 17.5 Å². The van der Waals surface area contributed by atoms with Gasteiger partial charge in [0.05, 0.1) is 0 Å². The van der Waals surface area contributed by atoms with Crippen LogP contribution in [0, 0.1) is 6.92 Å². The SMILES string of the molecule is CN=C(NCCCn1cccn1)N(C)Cc1ccccc1C.I. The summed E-state index contributed by atoms with van der Waals surface area (Å²) in [4.78, 5) is 6.51. The monoisotopic (exact) mass is 427 g/mol. The van der Waals surface area contributed by atoms with Crippen molar-refractivity contribution in [2.24, 2.45) is 4.99 Å². The van der Waals surface area contributed by atoms with Crippen molar-refractivity contribution in [3.05, 3.63) is 53.9 Å².